The molecule has 1 aliphatic carbocycles. The minimum absolute atomic E-state index is 0.0420. The van der Waals surface area contributed by atoms with Crippen molar-refractivity contribution >= 4 is 5.91 Å². The maximum absolute atomic E-state index is 11.7. The summed E-state index contributed by atoms with van der Waals surface area (Å²) in [5, 5.41) is 6.48. The number of hydrogen-bond donors (Lipinski definition) is 4. The molecule has 1 aromatic heterocycles. The summed E-state index contributed by atoms with van der Waals surface area (Å²) in [4.78, 5) is 11.7. The fourth-order valence-corrected chi connectivity index (χ4v) is 3.57. The third kappa shape index (κ3) is 5.82. The number of hydrazine groups is 1. The molecule has 7 nitrogen and oxygen atoms in total. The van der Waals surface area contributed by atoms with Crippen LogP contribution in [0.4, 0.5) is 0 Å². The van der Waals surface area contributed by atoms with Gasteiger partial charge in [-0.05, 0) is 62.6 Å². The van der Waals surface area contributed by atoms with E-state index in [9.17, 15) is 4.79 Å². The number of carbonyl (C=O) groups is 1. The number of hydrogen-bond acceptors (Lipinski definition) is 6. The largest absolute Gasteiger partial charge is 0.484 e. The van der Waals surface area contributed by atoms with E-state index in [0.717, 1.165) is 56.2 Å². The summed E-state index contributed by atoms with van der Waals surface area (Å²) in [5.74, 6) is 3.06. The van der Waals surface area contributed by atoms with Gasteiger partial charge >= 0.3 is 0 Å². The van der Waals surface area contributed by atoms with Crippen LogP contribution in [-0.2, 0) is 11.2 Å². The van der Waals surface area contributed by atoms with Crippen LogP contribution >= 0.6 is 0 Å². The van der Waals surface area contributed by atoms with Crippen LogP contribution in [0.2, 0.25) is 0 Å². The summed E-state index contributed by atoms with van der Waals surface area (Å²) in [7, 11) is 0. The Hall–Kier alpha value is -2.35. The topological polar surface area (TPSA) is 87.6 Å². The standard InChI is InChI=1S/C22H30N4O3/c1-15-2-9-20(29-15)22-17(13-24-26-22)12-23-11-10-16-3-7-19(8-4-16)28-14-21(27)25-18-5-6-18/h2-4,7-9,17-18,22-24,26H,5-6,10-14H2,1H3,(H,25,27). The van der Waals surface area contributed by atoms with Gasteiger partial charge in [0.05, 0.1) is 6.04 Å². The monoisotopic (exact) mass is 398 g/mol. The lowest BCUT2D eigenvalue weighted by Gasteiger charge is -2.17. The van der Waals surface area contributed by atoms with Crippen LogP contribution in [0.1, 0.15) is 36.0 Å². The summed E-state index contributed by atoms with van der Waals surface area (Å²) in [5.41, 5.74) is 7.79. The molecule has 2 fully saturated rings. The smallest absolute Gasteiger partial charge is 0.258 e. The molecule has 2 aromatic rings. The quantitative estimate of drug-likeness (QED) is 0.457. The van der Waals surface area contributed by atoms with Gasteiger partial charge in [-0.15, -0.1) is 0 Å². The first-order valence-electron chi connectivity index (χ1n) is 10.4. The third-order valence-electron chi connectivity index (χ3n) is 5.39. The highest BCUT2D eigenvalue weighted by atomic mass is 16.5. The van der Waals surface area contributed by atoms with E-state index in [1.165, 1.54) is 5.56 Å². The molecule has 2 unspecified atom stereocenters. The van der Waals surface area contributed by atoms with Gasteiger partial charge in [-0.1, -0.05) is 12.1 Å². The molecule has 2 aliphatic rings. The van der Waals surface area contributed by atoms with E-state index in [-0.39, 0.29) is 18.6 Å². The highest BCUT2D eigenvalue weighted by molar-refractivity contribution is 5.78. The highest BCUT2D eigenvalue weighted by Gasteiger charge is 2.30. The maximum Gasteiger partial charge on any atom is 0.258 e. The van der Waals surface area contributed by atoms with Crippen molar-refractivity contribution in [2.45, 2.75) is 38.3 Å². The number of aryl methyl sites for hydroxylation is 1. The Morgan fingerprint density at radius 2 is 2.03 bits per heavy atom. The number of amides is 1. The predicted molar refractivity (Wildman–Crippen MR) is 110 cm³/mol. The fraction of sp³-hybridized carbons (Fsp3) is 0.500. The third-order valence-corrected chi connectivity index (χ3v) is 5.39. The van der Waals surface area contributed by atoms with Gasteiger partial charge in [-0.2, -0.15) is 0 Å². The first-order chi connectivity index (χ1) is 14.2. The van der Waals surface area contributed by atoms with Crippen LogP contribution in [0.25, 0.3) is 0 Å². The van der Waals surface area contributed by atoms with Gasteiger partial charge in [-0.3, -0.25) is 10.2 Å². The van der Waals surface area contributed by atoms with Crippen molar-refractivity contribution in [2.24, 2.45) is 5.92 Å². The number of rotatable bonds is 10. The average Bonchev–Trinajstić information content (AvgIpc) is 3.23. The number of carbonyl (C=O) groups excluding carboxylic acids is 1. The number of nitrogens with one attached hydrogen (secondary N) is 4. The minimum atomic E-state index is -0.0420. The second-order valence-corrected chi connectivity index (χ2v) is 7.94. The van der Waals surface area contributed by atoms with Gasteiger partial charge in [0.2, 0.25) is 0 Å². The van der Waals surface area contributed by atoms with Gasteiger partial charge in [0.15, 0.2) is 6.61 Å². The molecule has 156 valence electrons. The van der Waals surface area contributed by atoms with Crippen LogP contribution in [0, 0.1) is 12.8 Å². The molecule has 4 rings (SSSR count). The average molecular weight is 399 g/mol. The number of ether oxygens (including phenoxy) is 1. The zero-order valence-electron chi connectivity index (χ0n) is 16.9. The predicted octanol–water partition coefficient (Wildman–Crippen LogP) is 1.84. The van der Waals surface area contributed by atoms with Gasteiger partial charge in [0, 0.05) is 25.0 Å². The Kier molecular flexibility index (Phi) is 6.49. The molecule has 4 N–H and O–H groups in total. The lowest BCUT2D eigenvalue weighted by atomic mass is 10.00. The van der Waals surface area contributed by atoms with Crippen molar-refractivity contribution < 1.29 is 13.9 Å². The van der Waals surface area contributed by atoms with Gasteiger partial charge in [0.25, 0.3) is 5.91 Å². The van der Waals surface area contributed by atoms with Crippen LogP contribution in [0.15, 0.2) is 40.8 Å². The van der Waals surface area contributed by atoms with Crippen molar-refractivity contribution in [1.82, 2.24) is 21.5 Å². The van der Waals surface area contributed by atoms with E-state index in [1.807, 2.05) is 31.2 Å². The Morgan fingerprint density at radius 1 is 1.21 bits per heavy atom. The lowest BCUT2D eigenvalue weighted by Crippen LogP contribution is -2.30. The SMILES string of the molecule is Cc1ccc(C2NNCC2CNCCc2ccc(OCC(=O)NC3CC3)cc2)o1. The molecule has 1 amide bonds. The van der Waals surface area contributed by atoms with E-state index >= 15 is 0 Å². The van der Waals surface area contributed by atoms with Gasteiger partial charge < -0.3 is 19.8 Å². The molecule has 1 saturated carbocycles. The molecule has 0 radical (unpaired) electrons. The fourth-order valence-electron chi connectivity index (χ4n) is 3.57. The Labute approximate surface area is 171 Å². The molecule has 1 saturated heterocycles. The van der Waals surface area contributed by atoms with Gasteiger partial charge in [0.1, 0.15) is 17.3 Å². The van der Waals surface area contributed by atoms with Crippen LogP contribution in [0.3, 0.4) is 0 Å². The van der Waals surface area contributed by atoms with Crippen molar-refractivity contribution in [3.05, 3.63) is 53.5 Å². The van der Waals surface area contributed by atoms with Gasteiger partial charge in [-0.25, -0.2) is 5.43 Å². The normalized spacial score (nSPS) is 21.3. The zero-order valence-corrected chi connectivity index (χ0v) is 16.9. The zero-order chi connectivity index (χ0) is 20.1. The first kappa shape index (κ1) is 19.9. The second kappa shape index (κ2) is 9.43. The summed E-state index contributed by atoms with van der Waals surface area (Å²) in [6, 6.07) is 12.6. The maximum atomic E-state index is 11.7. The number of furan rings is 1. The molecule has 2 atom stereocenters. The van der Waals surface area contributed by atoms with E-state index in [1.54, 1.807) is 0 Å². The van der Waals surface area contributed by atoms with Crippen molar-refractivity contribution in [2.75, 3.05) is 26.2 Å². The first-order valence-corrected chi connectivity index (χ1v) is 10.4. The Balaban J connectivity index is 1.15. The van der Waals surface area contributed by atoms with Crippen molar-refractivity contribution in [3.8, 4) is 5.75 Å². The van der Waals surface area contributed by atoms with E-state index < -0.39 is 0 Å². The molecule has 7 heteroatoms. The summed E-state index contributed by atoms with van der Waals surface area (Å²) in [6.07, 6.45) is 3.12. The summed E-state index contributed by atoms with van der Waals surface area (Å²) >= 11 is 0. The van der Waals surface area contributed by atoms with E-state index in [0.29, 0.717) is 12.0 Å². The van der Waals surface area contributed by atoms with Crippen LogP contribution in [0.5, 0.6) is 5.75 Å². The molecule has 0 spiro atoms. The van der Waals surface area contributed by atoms with Crippen molar-refractivity contribution in [1.29, 1.82) is 0 Å². The van der Waals surface area contributed by atoms with E-state index in [2.05, 4.69) is 33.6 Å². The molecule has 1 aliphatic heterocycles. The lowest BCUT2D eigenvalue weighted by molar-refractivity contribution is -0.123. The molecular formula is C22H30N4O3. The second-order valence-electron chi connectivity index (χ2n) is 7.94. The molecule has 1 aromatic carbocycles. The van der Waals surface area contributed by atoms with Crippen molar-refractivity contribution in [3.63, 3.8) is 0 Å². The summed E-state index contributed by atoms with van der Waals surface area (Å²) in [6.45, 7) is 4.79. The minimum Gasteiger partial charge on any atom is -0.484 e. The van der Waals surface area contributed by atoms with Crippen LogP contribution < -0.4 is 26.2 Å². The molecule has 0 bridgehead atoms. The Morgan fingerprint density at radius 3 is 2.76 bits per heavy atom. The van der Waals surface area contributed by atoms with Crippen LogP contribution in [-0.4, -0.2) is 38.2 Å². The summed E-state index contributed by atoms with van der Waals surface area (Å²) < 4.78 is 11.3. The molecule has 2 heterocycles. The van der Waals surface area contributed by atoms with E-state index in [4.69, 9.17) is 9.15 Å². The number of benzene rings is 1. The molecular weight excluding hydrogens is 368 g/mol. The highest BCUT2D eigenvalue weighted by Crippen LogP contribution is 2.26. The Bertz CT molecular complexity index is 801. The molecule has 29 heavy (non-hydrogen) atoms.